The minimum Gasteiger partial charge on any atom is -0.456 e. The van der Waals surface area contributed by atoms with Crippen LogP contribution in [0.1, 0.15) is 27.8 Å². The number of rotatable bonds is 6. The largest absolute Gasteiger partial charge is 0.456 e. The second kappa shape index (κ2) is 33.2. The first-order chi connectivity index (χ1) is 70.9. The van der Waals surface area contributed by atoms with Gasteiger partial charge in [-0.1, -0.05) is 271 Å². The third-order valence-electron chi connectivity index (χ3n) is 28.9. The molecule has 12 nitrogen and oxygen atoms in total. The number of para-hydroxylation sites is 14. The summed E-state index contributed by atoms with van der Waals surface area (Å²) >= 11 is 0. The second-order valence-corrected chi connectivity index (χ2v) is 37.9. The smallest absolute Gasteiger partial charge is 0.220 e. The maximum Gasteiger partial charge on any atom is 0.220 e. The van der Waals surface area contributed by atoms with Crippen LogP contribution in [0.15, 0.2) is 469 Å². The number of aromatic nitrogens is 6. The van der Waals surface area contributed by atoms with E-state index in [-0.39, 0.29) is 0 Å². The molecule has 0 amide bonds. The molecule has 21 aromatic carbocycles. The van der Waals surface area contributed by atoms with Gasteiger partial charge in [-0.15, -0.1) is 0 Å². The Kier molecular flexibility index (Phi) is 19.2. The molecule has 0 N–H and O–H groups in total. The van der Waals surface area contributed by atoms with E-state index in [2.05, 4.69) is 464 Å². The van der Waals surface area contributed by atoms with E-state index in [9.17, 15) is 0 Å². The SMILES string of the molecule is Cc1cc(-n2c3ccccc3c3ccccc32)cc2c1oc1ccccc12.Cc1ccc2oc3c(-n4c5ccccc5c5ccccc54)cccc3c2c1.Cc1ccc2oc3c(-n4c5ccccc5n5c6ccccc6nc45)cccc3c2c1.Cc1ccc2oc3ccc(-c4ccc5oc6ccccc6c5c4)cc3c2c1.Cc1ccc2oc3ccc(-c4cccc(-n5c6ccccc6c6ccccc65)c4)cc3c2c1. The molecule has 32 aromatic rings. The fraction of sp³-hybridized carbons (Fsp3) is 0.0379. The van der Waals surface area contributed by atoms with Crippen molar-refractivity contribution in [1.82, 2.24) is 27.7 Å². The topological polar surface area (TPSA) is 116 Å². The Hall–Kier alpha value is -18.9. The molecule has 682 valence electrons. The summed E-state index contributed by atoms with van der Waals surface area (Å²) in [7, 11) is 0. The van der Waals surface area contributed by atoms with E-state index in [4.69, 9.17) is 31.5 Å². The summed E-state index contributed by atoms with van der Waals surface area (Å²) in [6, 6.07) is 156. The van der Waals surface area contributed by atoms with Gasteiger partial charge in [-0.05, 0) is 257 Å². The van der Waals surface area contributed by atoms with Gasteiger partial charge in [0.15, 0.2) is 11.2 Å². The lowest BCUT2D eigenvalue weighted by molar-refractivity contribution is 0.665. The summed E-state index contributed by atoms with van der Waals surface area (Å²) in [4.78, 5) is 4.99. The summed E-state index contributed by atoms with van der Waals surface area (Å²) < 4.78 is 48.4. The van der Waals surface area contributed by atoms with Gasteiger partial charge in [0, 0.05) is 108 Å². The van der Waals surface area contributed by atoms with Crippen LogP contribution in [0.5, 0.6) is 0 Å². The molecule has 144 heavy (non-hydrogen) atoms. The van der Waals surface area contributed by atoms with Crippen molar-refractivity contribution in [3.8, 4) is 45.0 Å². The third-order valence-corrected chi connectivity index (χ3v) is 28.9. The first-order valence-corrected chi connectivity index (χ1v) is 48.9. The number of nitrogens with zero attached hydrogens (tertiary/aromatic N) is 6. The lowest BCUT2D eigenvalue weighted by Crippen LogP contribution is -1.95. The first kappa shape index (κ1) is 83.3. The van der Waals surface area contributed by atoms with E-state index in [1.54, 1.807) is 0 Å². The summed E-state index contributed by atoms with van der Waals surface area (Å²) in [6.07, 6.45) is 0. The van der Waals surface area contributed by atoms with Gasteiger partial charge in [0.05, 0.1) is 66.5 Å². The molecule has 11 aromatic heterocycles. The molecule has 0 spiro atoms. The van der Waals surface area contributed by atoms with Gasteiger partial charge in [-0.2, -0.15) is 0 Å². The van der Waals surface area contributed by atoms with E-state index < -0.39 is 0 Å². The molecule has 0 saturated heterocycles. The normalized spacial score (nSPS) is 11.9. The average molecular weight is 1850 g/mol. The molecular weight excluding hydrogens is 1770 g/mol. The minimum absolute atomic E-state index is 0.883. The zero-order valence-corrected chi connectivity index (χ0v) is 79.3. The number of hydrogen-bond donors (Lipinski definition) is 0. The van der Waals surface area contributed by atoms with Crippen molar-refractivity contribution < 1.29 is 26.5 Å². The summed E-state index contributed by atoms with van der Waals surface area (Å²) in [5.41, 5.74) is 38.0. The van der Waals surface area contributed by atoms with Crippen molar-refractivity contribution in [3.05, 3.63) is 471 Å². The van der Waals surface area contributed by atoms with Crippen LogP contribution in [0, 0.1) is 34.6 Å². The second-order valence-electron chi connectivity index (χ2n) is 37.9. The first-order valence-electron chi connectivity index (χ1n) is 48.9. The van der Waals surface area contributed by atoms with Crippen molar-refractivity contribution in [2.24, 2.45) is 0 Å². The van der Waals surface area contributed by atoms with Crippen LogP contribution >= 0.6 is 0 Å². The molecule has 0 saturated carbocycles. The fourth-order valence-corrected chi connectivity index (χ4v) is 22.3. The average Bonchev–Trinajstić information content (AvgIpc) is 1.55. The molecule has 0 atom stereocenters. The number of hydrogen-bond acceptors (Lipinski definition) is 7. The molecule has 12 heteroatoms. The highest BCUT2D eigenvalue weighted by molar-refractivity contribution is 6.17. The van der Waals surface area contributed by atoms with E-state index >= 15 is 0 Å². The Morgan fingerprint density at radius 3 is 0.938 bits per heavy atom. The van der Waals surface area contributed by atoms with Crippen molar-refractivity contribution in [1.29, 1.82) is 0 Å². The Balaban J connectivity index is 0.0000000877. The van der Waals surface area contributed by atoms with Crippen LogP contribution in [0.25, 0.3) is 270 Å². The van der Waals surface area contributed by atoms with E-state index in [1.165, 1.54) is 143 Å². The zero-order chi connectivity index (χ0) is 95.6. The molecule has 0 bridgehead atoms. The standard InChI is InChI=1S/C31H21NO.C26H17N3O.2C25H17NO.C25H16O2/c1-20-13-15-30-26(17-20)27-19-22(14-16-31(27)33-30)21-7-6-8-23(18-21)32-28-11-4-2-9-24(28)25-10-3-5-12-29(25)32;1-16-13-14-24-18(15-16)17-7-6-12-23(25(17)30-24)29-22-11-5-4-10-21(22)28-20-9-3-2-8-19(20)27-26(28)29;1-16-14-17(15-21-20-10-4-7-13-24(20)27-25(16)21)26-22-11-5-2-8-18(22)19-9-3-6-12-23(19)26;1-16-13-14-24-20(15-16)19-9-6-12-23(25(19)27-24)26-21-10-4-2-7-17(21)18-8-3-5-11-22(18)26;1-15-6-9-23-19(12-15)21-14-17(8-11-25(21)27-23)16-7-10-24-20(13-16)18-4-2-3-5-22(18)26-24/h2-19H,1H3;2-15H,1H3;2*2-15H,1H3;2-14H,1H3. The highest BCUT2D eigenvalue weighted by atomic mass is 16.3. The van der Waals surface area contributed by atoms with E-state index in [1.807, 2.05) is 36.4 Å². The number of furan rings is 6. The maximum atomic E-state index is 6.38. The molecule has 0 fully saturated rings. The van der Waals surface area contributed by atoms with Gasteiger partial charge < -0.3 is 40.2 Å². The summed E-state index contributed by atoms with van der Waals surface area (Å²) in [5, 5.41) is 21.5. The van der Waals surface area contributed by atoms with Gasteiger partial charge in [-0.25, -0.2) is 4.98 Å². The predicted molar refractivity (Wildman–Crippen MR) is 597 cm³/mol. The minimum atomic E-state index is 0.883. The molecule has 0 radical (unpaired) electrons. The highest BCUT2D eigenvalue weighted by Gasteiger charge is 2.25. The Morgan fingerprint density at radius 2 is 0.479 bits per heavy atom. The van der Waals surface area contributed by atoms with Gasteiger partial charge in [0.25, 0.3) is 0 Å². The number of aryl methyl sites for hydroxylation is 5. The van der Waals surface area contributed by atoms with Gasteiger partial charge >= 0.3 is 0 Å². The number of imidazole rings is 2. The third kappa shape index (κ3) is 13.5. The molecule has 0 aliphatic carbocycles. The van der Waals surface area contributed by atoms with E-state index in [0.717, 1.165) is 155 Å². The summed E-state index contributed by atoms with van der Waals surface area (Å²) in [6.45, 7) is 10.6. The van der Waals surface area contributed by atoms with Crippen molar-refractivity contribution >= 4 is 225 Å². The molecule has 11 heterocycles. The van der Waals surface area contributed by atoms with Crippen molar-refractivity contribution in [3.63, 3.8) is 0 Å². The quantitative estimate of drug-likeness (QED) is 0.163. The van der Waals surface area contributed by atoms with Crippen LogP contribution in [-0.4, -0.2) is 27.7 Å². The molecule has 0 unspecified atom stereocenters. The zero-order valence-electron chi connectivity index (χ0n) is 79.3. The lowest BCUT2D eigenvalue weighted by Gasteiger charge is -2.10. The fourth-order valence-electron chi connectivity index (χ4n) is 22.3. The lowest BCUT2D eigenvalue weighted by atomic mass is 10.0. The monoisotopic (exact) mass is 1850 g/mol. The van der Waals surface area contributed by atoms with Crippen LogP contribution in [0.3, 0.4) is 0 Å². The van der Waals surface area contributed by atoms with Crippen LogP contribution < -0.4 is 0 Å². The molecular formula is C132H88N6O6. The molecule has 0 aliphatic rings. The predicted octanol–water partition coefficient (Wildman–Crippen LogP) is 36.7. The number of fused-ring (bicyclic) bond motifs is 32. The van der Waals surface area contributed by atoms with Gasteiger partial charge in [-0.3, -0.25) is 8.97 Å². The Labute approximate surface area is 823 Å². The summed E-state index contributed by atoms with van der Waals surface area (Å²) in [5.74, 6) is 0.890. The van der Waals surface area contributed by atoms with Crippen molar-refractivity contribution in [2.75, 3.05) is 0 Å². The number of benzene rings is 21. The Morgan fingerprint density at radius 1 is 0.174 bits per heavy atom. The maximum absolute atomic E-state index is 6.38. The highest BCUT2D eigenvalue weighted by Crippen LogP contribution is 2.46. The van der Waals surface area contributed by atoms with Gasteiger partial charge in [0.1, 0.15) is 55.8 Å². The van der Waals surface area contributed by atoms with Crippen LogP contribution in [-0.2, 0) is 0 Å². The molecule has 0 aliphatic heterocycles. The molecule has 32 rings (SSSR count). The Bertz CT molecular complexity index is 10700. The van der Waals surface area contributed by atoms with Crippen LogP contribution in [0.4, 0.5) is 0 Å². The van der Waals surface area contributed by atoms with Crippen LogP contribution in [0.2, 0.25) is 0 Å². The van der Waals surface area contributed by atoms with Gasteiger partial charge in [0.2, 0.25) is 5.78 Å². The van der Waals surface area contributed by atoms with E-state index in [0.29, 0.717) is 0 Å². The van der Waals surface area contributed by atoms with Crippen molar-refractivity contribution in [2.45, 2.75) is 34.6 Å².